The molecule has 13 heteroatoms. The molecule has 1 aliphatic rings. The largest absolute Gasteiger partial charge is 0.493 e. The van der Waals surface area contributed by atoms with Crippen LogP contribution in [0.2, 0.25) is 0 Å². The number of rotatable bonds is 7. The average Bonchev–Trinajstić information content (AvgIpc) is 3.32. The number of nitrogens with one attached hydrogen (secondary N) is 1. The summed E-state index contributed by atoms with van der Waals surface area (Å²) in [6.07, 6.45) is 0.991. The molecule has 0 unspecified atom stereocenters. The number of aryl methyl sites for hydroxylation is 1. The van der Waals surface area contributed by atoms with Crippen LogP contribution in [0.15, 0.2) is 21.7 Å². The van der Waals surface area contributed by atoms with Crippen molar-refractivity contribution in [3.05, 3.63) is 44.4 Å². The van der Waals surface area contributed by atoms with Crippen LogP contribution >= 0.6 is 0 Å². The Morgan fingerprint density at radius 3 is 2.50 bits per heavy atom. The van der Waals surface area contributed by atoms with Gasteiger partial charge in [0.2, 0.25) is 5.95 Å². The SMILES string of the molecule is CC#CCn1c(N2CCC[C@@H](NC(=O)OC(C)(C)C)C2)nc2c1c(=O)n(Cc1cc(OC)c(OC)cc1F)c(=O)n2C. The summed E-state index contributed by atoms with van der Waals surface area (Å²) in [5.41, 5.74) is -1.47. The second-order valence-electron chi connectivity index (χ2n) is 11.1. The van der Waals surface area contributed by atoms with Gasteiger partial charge in [-0.1, -0.05) is 5.92 Å². The number of methoxy groups -OCH3 is 2. The van der Waals surface area contributed by atoms with Gasteiger partial charge in [-0.25, -0.2) is 14.0 Å². The number of anilines is 1. The van der Waals surface area contributed by atoms with Crippen LogP contribution in [0, 0.1) is 17.7 Å². The summed E-state index contributed by atoms with van der Waals surface area (Å²) in [4.78, 5) is 46.4. The first-order valence-electron chi connectivity index (χ1n) is 13.6. The molecule has 0 bridgehead atoms. The van der Waals surface area contributed by atoms with Crippen LogP contribution in [-0.2, 0) is 24.9 Å². The van der Waals surface area contributed by atoms with E-state index in [1.54, 1.807) is 32.3 Å². The number of hydrogen-bond acceptors (Lipinski definition) is 8. The molecule has 0 saturated carbocycles. The van der Waals surface area contributed by atoms with Gasteiger partial charge in [0.1, 0.15) is 11.4 Å². The number of ether oxygens (including phenoxy) is 3. The molecule has 1 aromatic carbocycles. The molecule has 12 nitrogen and oxygen atoms in total. The van der Waals surface area contributed by atoms with Gasteiger partial charge in [-0.2, -0.15) is 4.98 Å². The van der Waals surface area contributed by atoms with E-state index < -0.39 is 28.8 Å². The number of alkyl carbamates (subject to hydrolysis) is 1. The third kappa shape index (κ3) is 6.22. The number of imidazole rings is 1. The van der Waals surface area contributed by atoms with Crippen molar-refractivity contribution in [2.75, 3.05) is 32.2 Å². The molecule has 1 aliphatic heterocycles. The molecular weight excluding hydrogens is 547 g/mol. The lowest BCUT2D eigenvalue weighted by molar-refractivity contribution is 0.0499. The van der Waals surface area contributed by atoms with Crippen molar-refractivity contribution in [2.45, 2.75) is 65.3 Å². The number of aromatic nitrogens is 4. The number of amides is 1. The fourth-order valence-corrected chi connectivity index (χ4v) is 4.99. The molecule has 1 amide bonds. The van der Waals surface area contributed by atoms with Crippen molar-refractivity contribution in [1.29, 1.82) is 0 Å². The number of carbonyl (C=O) groups is 1. The number of fused-ring (bicyclic) bond motifs is 1. The second kappa shape index (κ2) is 12.2. The predicted molar refractivity (Wildman–Crippen MR) is 156 cm³/mol. The summed E-state index contributed by atoms with van der Waals surface area (Å²) in [6.45, 7) is 7.93. The first-order valence-corrected chi connectivity index (χ1v) is 13.6. The van der Waals surface area contributed by atoms with Crippen LogP contribution in [-0.4, -0.2) is 63.7 Å². The van der Waals surface area contributed by atoms with Gasteiger partial charge in [0.15, 0.2) is 22.7 Å². The van der Waals surface area contributed by atoms with Gasteiger partial charge in [0.25, 0.3) is 5.56 Å². The minimum Gasteiger partial charge on any atom is -0.493 e. The molecule has 42 heavy (non-hydrogen) atoms. The normalized spacial score (nSPS) is 15.2. The van der Waals surface area contributed by atoms with Gasteiger partial charge in [0.05, 0.1) is 27.3 Å². The number of hydrogen-bond donors (Lipinski definition) is 1. The van der Waals surface area contributed by atoms with E-state index in [2.05, 4.69) is 17.2 Å². The third-order valence-corrected chi connectivity index (χ3v) is 6.93. The Hall–Kier alpha value is -4.47. The Balaban J connectivity index is 1.78. The Morgan fingerprint density at radius 2 is 1.86 bits per heavy atom. The molecule has 226 valence electrons. The van der Waals surface area contributed by atoms with Gasteiger partial charge < -0.3 is 24.4 Å². The van der Waals surface area contributed by atoms with E-state index in [1.165, 1.54) is 31.9 Å². The molecule has 1 saturated heterocycles. The van der Waals surface area contributed by atoms with Crippen LogP contribution < -0.4 is 30.9 Å². The number of carbonyl (C=O) groups excluding carboxylic acids is 1. The molecule has 0 spiro atoms. The number of piperidine rings is 1. The van der Waals surface area contributed by atoms with Crippen molar-refractivity contribution in [1.82, 2.24) is 24.0 Å². The molecule has 0 radical (unpaired) electrons. The minimum absolute atomic E-state index is 0.0814. The van der Waals surface area contributed by atoms with E-state index in [-0.39, 0.29) is 47.4 Å². The van der Waals surface area contributed by atoms with E-state index in [4.69, 9.17) is 19.2 Å². The van der Waals surface area contributed by atoms with E-state index >= 15 is 0 Å². The minimum atomic E-state index is -0.650. The van der Waals surface area contributed by atoms with Crippen LogP contribution in [0.4, 0.5) is 15.1 Å². The highest BCUT2D eigenvalue weighted by Crippen LogP contribution is 2.30. The zero-order valence-electron chi connectivity index (χ0n) is 25.0. The molecule has 3 aromatic rings. The van der Waals surface area contributed by atoms with E-state index in [0.29, 0.717) is 19.0 Å². The lowest BCUT2D eigenvalue weighted by Crippen LogP contribution is -2.49. The van der Waals surface area contributed by atoms with Gasteiger partial charge in [-0.05, 0) is 46.6 Å². The van der Waals surface area contributed by atoms with Gasteiger partial charge in [0, 0.05) is 37.8 Å². The molecule has 1 N–H and O–H groups in total. The van der Waals surface area contributed by atoms with Crippen LogP contribution in [0.1, 0.15) is 46.1 Å². The molecule has 1 fully saturated rings. The van der Waals surface area contributed by atoms with E-state index in [9.17, 15) is 18.8 Å². The molecular formula is C29H37FN6O6. The third-order valence-electron chi connectivity index (χ3n) is 6.93. The quantitative estimate of drug-likeness (QED) is 0.421. The van der Waals surface area contributed by atoms with Crippen molar-refractivity contribution in [3.63, 3.8) is 0 Å². The highest BCUT2D eigenvalue weighted by atomic mass is 19.1. The van der Waals surface area contributed by atoms with Crippen LogP contribution in [0.25, 0.3) is 11.2 Å². The fourth-order valence-electron chi connectivity index (χ4n) is 4.99. The standard InChI is InChI=1S/C29H37FN6O6/c1-8-9-13-35-23-24(32-26(35)34-12-10-11-19(17-34)31-27(38)42-29(2,3)4)33(5)28(39)36(25(23)37)16-18-14-21(40-6)22(41-7)15-20(18)30/h14-15,19H,10-13,16-17H2,1-7H3,(H,31,38)/t19-/m1/s1. The average molecular weight is 585 g/mol. The smallest absolute Gasteiger partial charge is 0.407 e. The fraction of sp³-hybridized carbons (Fsp3) is 0.517. The lowest BCUT2D eigenvalue weighted by Gasteiger charge is -2.34. The maximum Gasteiger partial charge on any atom is 0.407 e. The van der Waals surface area contributed by atoms with Gasteiger partial charge >= 0.3 is 11.8 Å². The Morgan fingerprint density at radius 1 is 1.17 bits per heavy atom. The highest BCUT2D eigenvalue weighted by molar-refractivity contribution is 5.75. The number of nitrogens with zero attached hydrogens (tertiary/aromatic N) is 5. The zero-order chi connectivity index (χ0) is 30.8. The first-order chi connectivity index (χ1) is 19.9. The summed E-state index contributed by atoms with van der Waals surface area (Å²) in [7, 11) is 4.32. The molecule has 2 aromatic heterocycles. The van der Waals surface area contributed by atoms with Crippen LogP contribution in [0.5, 0.6) is 11.5 Å². The summed E-state index contributed by atoms with van der Waals surface area (Å²) in [5, 5.41) is 2.92. The lowest BCUT2D eigenvalue weighted by atomic mass is 10.1. The summed E-state index contributed by atoms with van der Waals surface area (Å²) in [5.74, 6) is 6.09. The maximum atomic E-state index is 15.0. The second-order valence-corrected chi connectivity index (χ2v) is 11.1. The summed E-state index contributed by atoms with van der Waals surface area (Å²) >= 11 is 0. The number of benzene rings is 1. The van der Waals surface area contributed by atoms with Crippen molar-refractivity contribution in [3.8, 4) is 23.3 Å². The van der Waals surface area contributed by atoms with Gasteiger partial charge in [-0.3, -0.25) is 18.5 Å². The Labute approximate surface area is 243 Å². The van der Waals surface area contributed by atoms with E-state index in [1.807, 2.05) is 4.90 Å². The van der Waals surface area contributed by atoms with Gasteiger partial charge in [-0.15, -0.1) is 5.92 Å². The van der Waals surface area contributed by atoms with Crippen molar-refractivity contribution < 1.29 is 23.4 Å². The molecule has 3 heterocycles. The molecule has 4 rings (SSSR count). The Bertz CT molecular complexity index is 1670. The van der Waals surface area contributed by atoms with Crippen LogP contribution in [0.3, 0.4) is 0 Å². The molecule has 0 aliphatic carbocycles. The maximum absolute atomic E-state index is 15.0. The first kappa shape index (κ1) is 30.5. The molecule has 1 atom stereocenters. The highest BCUT2D eigenvalue weighted by Gasteiger charge is 2.29. The Kier molecular flexibility index (Phi) is 8.84. The number of halogens is 1. The monoisotopic (exact) mass is 584 g/mol. The summed E-state index contributed by atoms with van der Waals surface area (Å²) < 4.78 is 34.8. The predicted octanol–water partition coefficient (Wildman–Crippen LogP) is 2.62. The van der Waals surface area contributed by atoms with E-state index in [0.717, 1.165) is 23.5 Å². The van der Waals surface area contributed by atoms with Crippen molar-refractivity contribution >= 4 is 23.2 Å². The van der Waals surface area contributed by atoms with Crippen molar-refractivity contribution in [2.24, 2.45) is 7.05 Å². The summed E-state index contributed by atoms with van der Waals surface area (Å²) in [6, 6.07) is 2.34. The topological polar surface area (TPSA) is 122 Å². The zero-order valence-corrected chi connectivity index (χ0v) is 25.0.